The molecule has 1 aliphatic carbocycles. The summed E-state index contributed by atoms with van der Waals surface area (Å²) in [6, 6.07) is 5.91. The van der Waals surface area contributed by atoms with Gasteiger partial charge >= 0.3 is 0 Å². The Balaban J connectivity index is 1.39. The van der Waals surface area contributed by atoms with Gasteiger partial charge in [0.1, 0.15) is 5.82 Å². The molecule has 2 aromatic rings. The number of ether oxygens (including phenoxy) is 1. The van der Waals surface area contributed by atoms with Gasteiger partial charge in [0.15, 0.2) is 0 Å². The average Bonchev–Trinajstić information content (AvgIpc) is 2.79. The van der Waals surface area contributed by atoms with E-state index in [0.717, 1.165) is 30.5 Å². The minimum Gasteiger partial charge on any atom is -0.481 e. The van der Waals surface area contributed by atoms with E-state index in [2.05, 4.69) is 20.2 Å². The van der Waals surface area contributed by atoms with Crippen LogP contribution >= 0.6 is 0 Å². The molecule has 8 heteroatoms. The molecular formula is C22H30N6O2. The Kier molecular flexibility index (Phi) is 6.30. The number of carbonyl (C=O) groups excluding carboxylic acids is 1. The first kappa shape index (κ1) is 20.4. The number of nitrogens with zero attached hydrogens (tertiary/aromatic N) is 5. The van der Waals surface area contributed by atoms with E-state index >= 15 is 0 Å². The number of aromatic nitrogens is 3. The van der Waals surface area contributed by atoms with Crippen molar-refractivity contribution in [3.05, 3.63) is 35.7 Å². The molecule has 0 spiro atoms. The number of aryl methyl sites for hydroxylation is 1. The Bertz CT molecular complexity index is 876. The van der Waals surface area contributed by atoms with Crippen LogP contribution in [0.15, 0.2) is 24.4 Å². The van der Waals surface area contributed by atoms with Gasteiger partial charge in [-0.15, -0.1) is 0 Å². The fourth-order valence-corrected chi connectivity index (χ4v) is 4.18. The third-order valence-electron chi connectivity index (χ3n) is 5.86. The lowest BCUT2D eigenvalue weighted by Crippen LogP contribution is -2.49. The Morgan fingerprint density at radius 3 is 2.60 bits per heavy atom. The summed E-state index contributed by atoms with van der Waals surface area (Å²) in [4.78, 5) is 30.4. The van der Waals surface area contributed by atoms with Crippen LogP contribution in [0.25, 0.3) is 0 Å². The molecule has 2 aromatic heterocycles. The topological polar surface area (TPSA) is 83.5 Å². The Morgan fingerprint density at radius 2 is 1.87 bits per heavy atom. The minimum atomic E-state index is 0.00822. The van der Waals surface area contributed by atoms with Gasteiger partial charge in [-0.3, -0.25) is 4.79 Å². The van der Waals surface area contributed by atoms with Crippen molar-refractivity contribution in [2.75, 3.05) is 43.5 Å². The first-order valence-electron chi connectivity index (χ1n) is 10.8. The molecule has 2 fully saturated rings. The molecule has 1 saturated carbocycles. The van der Waals surface area contributed by atoms with Crippen LogP contribution in [-0.4, -0.2) is 65.1 Å². The molecule has 1 aliphatic heterocycles. The van der Waals surface area contributed by atoms with Gasteiger partial charge in [-0.05, 0) is 25.8 Å². The molecule has 0 unspecified atom stereocenters. The van der Waals surface area contributed by atoms with Crippen molar-refractivity contribution >= 4 is 17.7 Å². The molecule has 160 valence electrons. The summed E-state index contributed by atoms with van der Waals surface area (Å²) in [5, 5.41) is 3.53. The standard InChI is InChI=1S/C22H30N6O2/c1-16-14-19(26-22(24-16)25-18-6-4-3-5-7-18)27-10-12-28(13-11-27)21(29)17-8-9-23-20(15-17)30-2/h8-9,14-15,18H,3-7,10-13H2,1-2H3,(H,24,25,26). The smallest absolute Gasteiger partial charge is 0.254 e. The van der Waals surface area contributed by atoms with E-state index in [1.54, 1.807) is 25.4 Å². The van der Waals surface area contributed by atoms with E-state index in [4.69, 9.17) is 9.72 Å². The third kappa shape index (κ3) is 4.80. The molecule has 8 nitrogen and oxygen atoms in total. The van der Waals surface area contributed by atoms with E-state index in [1.165, 1.54) is 32.1 Å². The van der Waals surface area contributed by atoms with Gasteiger partial charge in [0, 0.05) is 61.8 Å². The highest BCUT2D eigenvalue weighted by molar-refractivity contribution is 5.94. The van der Waals surface area contributed by atoms with Crippen LogP contribution in [0.4, 0.5) is 11.8 Å². The monoisotopic (exact) mass is 410 g/mol. The fourth-order valence-electron chi connectivity index (χ4n) is 4.18. The average molecular weight is 411 g/mol. The van der Waals surface area contributed by atoms with E-state index in [0.29, 0.717) is 30.6 Å². The van der Waals surface area contributed by atoms with Gasteiger partial charge in [0.25, 0.3) is 5.91 Å². The maximum Gasteiger partial charge on any atom is 0.254 e. The van der Waals surface area contributed by atoms with Crippen LogP contribution in [0.5, 0.6) is 5.88 Å². The van der Waals surface area contributed by atoms with E-state index in [-0.39, 0.29) is 5.91 Å². The lowest BCUT2D eigenvalue weighted by Gasteiger charge is -2.35. The summed E-state index contributed by atoms with van der Waals surface area (Å²) in [6.07, 6.45) is 7.85. The van der Waals surface area contributed by atoms with Gasteiger partial charge in [0.05, 0.1) is 7.11 Å². The summed E-state index contributed by atoms with van der Waals surface area (Å²) in [5.41, 5.74) is 1.56. The zero-order valence-corrected chi connectivity index (χ0v) is 17.8. The fraction of sp³-hybridized carbons (Fsp3) is 0.545. The van der Waals surface area contributed by atoms with E-state index in [1.807, 2.05) is 17.9 Å². The Labute approximate surface area is 177 Å². The second kappa shape index (κ2) is 9.28. The number of pyridine rings is 1. The predicted octanol–water partition coefficient (Wildman–Crippen LogP) is 2.90. The summed E-state index contributed by atoms with van der Waals surface area (Å²) in [6.45, 7) is 4.80. The molecule has 1 N–H and O–H groups in total. The number of anilines is 2. The quantitative estimate of drug-likeness (QED) is 0.811. The molecule has 3 heterocycles. The Morgan fingerprint density at radius 1 is 1.10 bits per heavy atom. The summed E-state index contributed by atoms with van der Waals surface area (Å²) < 4.78 is 5.13. The summed E-state index contributed by atoms with van der Waals surface area (Å²) >= 11 is 0. The molecule has 4 rings (SSSR count). The number of rotatable bonds is 5. The maximum atomic E-state index is 12.8. The highest BCUT2D eigenvalue weighted by Gasteiger charge is 2.24. The second-order valence-corrected chi connectivity index (χ2v) is 8.04. The van der Waals surface area contributed by atoms with Gasteiger partial charge in [0.2, 0.25) is 11.8 Å². The zero-order chi connectivity index (χ0) is 20.9. The first-order valence-corrected chi connectivity index (χ1v) is 10.8. The van der Waals surface area contributed by atoms with Crippen molar-refractivity contribution in [2.24, 2.45) is 0 Å². The van der Waals surface area contributed by atoms with Crippen LogP contribution < -0.4 is 15.0 Å². The first-order chi connectivity index (χ1) is 14.6. The normalized spacial score (nSPS) is 17.7. The molecule has 0 bridgehead atoms. The van der Waals surface area contributed by atoms with Crippen LogP contribution in [0.3, 0.4) is 0 Å². The van der Waals surface area contributed by atoms with Crippen molar-refractivity contribution in [1.82, 2.24) is 19.9 Å². The second-order valence-electron chi connectivity index (χ2n) is 8.04. The largest absolute Gasteiger partial charge is 0.481 e. The number of nitrogens with one attached hydrogen (secondary N) is 1. The lowest BCUT2D eigenvalue weighted by atomic mass is 9.96. The molecule has 1 amide bonds. The summed E-state index contributed by atoms with van der Waals surface area (Å²) in [5.74, 6) is 2.11. The highest BCUT2D eigenvalue weighted by Crippen LogP contribution is 2.23. The molecular weight excluding hydrogens is 380 g/mol. The van der Waals surface area contributed by atoms with Gasteiger partial charge in [-0.2, -0.15) is 4.98 Å². The Hall–Kier alpha value is -2.90. The number of amides is 1. The summed E-state index contributed by atoms with van der Waals surface area (Å²) in [7, 11) is 1.55. The molecule has 30 heavy (non-hydrogen) atoms. The third-order valence-corrected chi connectivity index (χ3v) is 5.86. The predicted molar refractivity (Wildman–Crippen MR) is 116 cm³/mol. The molecule has 0 aromatic carbocycles. The van der Waals surface area contributed by atoms with Gasteiger partial charge in [-0.25, -0.2) is 9.97 Å². The van der Waals surface area contributed by atoms with Crippen molar-refractivity contribution in [1.29, 1.82) is 0 Å². The SMILES string of the molecule is COc1cc(C(=O)N2CCN(c3cc(C)nc(NC4CCCCC4)n3)CC2)ccn1. The van der Waals surface area contributed by atoms with Crippen molar-refractivity contribution in [2.45, 2.75) is 45.1 Å². The van der Waals surface area contributed by atoms with Crippen LogP contribution in [-0.2, 0) is 0 Å². The lowest BCUT2D eigenvalue weighted by molar-refractivity contribution is 0.0746. The minimum absolute atomic E-state index is 0.00822. The van der Waals surface area contributed by atoms with Gasteiger partial charge < -0.3 is 19.9 Å². The van der Waals surface area contributed by atoms with Gasteiger partial charge in [-0.1, -0.05) is 19.3 Å². The van der Waals surface area contributed by atoms with E-state index < -0.39 is 0 Å². The highest BCUT2D eigenvalue weighted by atomic mass is 16.5. The maximum absolute atomic E-state index is 12.8. The zero-order valence-electron chi connectivity index (χ0n) is 17.8. The molecule has 2 aliphatic rings. The van der Waals surface area contributed by atoms with E-state index in [9.17, 15) is 4.79 Å². The number of piperazine rings is 1. The number of hydrogen-bond donors (Lipinski definition) is 1. The molecule has 0 radical (unpaired) electrons. The van der Waals surface area contributed by atoms with Crippen molar-refractivity contribution < 1.29 is 9.53 Å². The number of hydrogen-bond acceptors (Lipinski definition) is 7. The van der Waals surface area contributed by atoms with Crippen LogP contribution in [0.2, 0.25) is 0 Å². The molecule has 1 saturated heterocycles. The van der Waals surface area contributed by atoms with Crippen LogP contribution in [0, 0.1) is 6.92 Å². The molecule has 0 atom stereocenters. The van der Waals surface area contributed by atoms with Crippen LogP contribution in [0.1, 0.15) is 48.2 Å². The van der Waals surface area contributed by atoms with Crippen molar-refractivity contribution in [3.8, 4) is 5.88 Å². The van der Waals surface area contributed by atoms with Crippen molar-refractivity contribution in [3.63, 3.8) is 0 Å². The number of carbonyl (C=O) groups is 1. The number of methoxy groups -OCH3 is 1.